The summed E-state index contributed by atoms with van der Waals surface area (Å²) in [5.74, 6) is -0.795. The average molecular weight is 243 g/mol. The first-order chi connectivity index (χ1) is 8.63. The molecule has 18 heavy (non-hydrogen) atoms. The zero-order valence-electron chi connectivity index (χ0n) is 9.74. The molecule has 0 saturated carbocycles. The Kier molecular flexibility index (Phi) is 3.40. The van der Waals surface area contributed by atoms with E-state index in [0.29, 0.717) is 6.42 Å². The molecule has 1 heterocycles. The standard InChI is InChI=1S/C13H13N3O2/c14-8-10-7-12(17)16(10)13(18)11(15)6-9-4-2-1-3-5-9/h1-5,10-11H,6-7,15H2/t10?,11-/m0/s1. The highest BCUT2D eigenvalue weighted by Crippen LogP contribution is 2.20. The minimum atomic E-state index is -0.785. The molecule has 1 aliphatic heterocycles. The molecule has 2 atom stereocenters. The molecule has 1 saturated heterocycles. The van der Waals surface area contributed by atoms with Crippen molar-refractivity contribution in [1.29, 1.82) is 5.26 Å². The van der Waals surface area contributed by atoms with Crippen LogP contribution in [0.25, 0.3) is 0 Å². The number of amides is 2. The third-order valence-electron chi connectivity index (χ3n) is 2.95. The Morgan fingerprint density at radius 2 is 2.17 bits per heavy atom. The maximum absolute atomic E-state index is 11.9. The second-order valence-corrected chi connectivity index (χ2v) is 4.25. The maximum atomic E-state index is 11.9. The van der Waals surface area contributed by atoms with Crippen molar-refractivity contribution >= 4 is 11.8 Å². The number of nitriles is 1. The van der Waals surface area contributed by atoms with E-state index in [4.69, 9.17) is 11.0 Å². The average Bonchev–Trinajstić information content (AvgIpc) is 2.36. The van der Waals surface area contributed by atoms with Crippen molar-refractivity contribution in [2.24, 2.45) is 5.73 Å². The number of carbonyl (C=O) groups is 2. The summed E-state index contributed by atoms with van der Waals surface area (Å²) in [5, 5.41) is 8.76. The molecule has 1 aromatic rings. The van der Waals surface area contributed by atoms with Crippen molar-refractivity contribution in [2.75, 3.05) is 0 Å². The largest absolute Gasteiger partial charge is 0.320 e. The van der Waals surface area contributed by atoms with Gasteiger partial charge in [-0.25, -0.2) is 0 Å². The highest BCUT2D eigenvalue weighted by atomic mass is 16.2. The number of hydrogen-bond acceptors (Lipinski definition) is 4. The van der Waals surface area contributed by atoms with Crippen molar-refractivity contribution in [3.05, 3.63) is 35.9 Å². The van der Waals surface area contributed by atoms with E-state index in [2.05, 4.69) is 0 Å². The summed E-state index contributed by atoms with van der Waals surface area (Å²) >= 11 is 0. The predicted octanol–water partition coefficient (Wildman–Crippen LogP) is 0.207. The Labute approximate surface area is 105 Å². The number of nitrogens with two attached hydrogens (primary N) is 1. The molecule has 0 aromatic heterocycles. The number of benzene rings is 1. The van der Waals surface area contributed by atoms with E-state index in [1.165, 1.54) is 0 Å². The van der Waals surface area contributed by atoms with Crippen molar-refractivity contribution < 1.29 is 9.59 Å². The first-order valence-electron chi connectivity index (χ1n) is 5.68. The van der Waals surface area contributed by atoms with Gasteiger partial charge in [-0.2, -0.15) is 5.26 Å². The molecule has 0 bridgehead atoms. The second-order valence-electron chi connectivity index (χ2n) is 4.25. The van der Waals surface area contributed by atoms with Crippen LogP contribution < -0.4 is 5.73 Å². The highest BCUT2D eigenvalue weighted by molar-refractivity contribution is 6.03. The van der Waals surface area contributed by atoms with Gasteiger partial charge in [-0.15, -0.1) is 0 Å². The monoisotopic (exact) mass is 243 g/mol. The van der Waals surface area contributed by atoms with Crippen LogP contribution in [0.3, 0.4) is 0 Å². The van der Waals surface area contributed by atoms with Gasteiger partial charge in [0.1, 0.15) is 6.04 Å². The van der Waals surface area contributed by atoms with E-state index in [9.17, 15) is 9.59 Å². The third kappa shape index (κ3) is 2.24. The number of likely N-dealkylation sites (tertiary alicyclic amines) is 1. The third-order valence-corrected chi connectivity index (χ3v) is 2.95. The van der Waals surface area contributed by atoms with Crippen LogP contribution in [0.2, 0.25) is 0 Å². The Morgan fingerprint density at radius 1 is 1.50 bits per heavy atom. The van der Waals surface area contributed by atoms with Crippen LogP contribution in [-0.2, 0) is 16.0 Å². The molecule has 1 fully saturated rings. The summed E-state index contributed by atoms with van der Waals surface area (Å²) in [4.78, 5) is 24.2. The van der Waals surface area contributed by atoms with Crippen LogP contribution in [0.15, 0.2) is 30.3 Å². The Morgan fingerprint density at radius 3 is 2.72 bits per heavy atom. The number of imide groups is 1. The molecule has 0 aliphatic carbocycles. The number of carbonyl (C=O) groups excluding carboxylic acids is 2. The van der Waals surface area contributed by atoms with Crippen molar-refractivity contribution in [1.82, 2.24) is 4.90 Å². The topological polar surface area (TPSA) is 87.2 Å². The summed E-state index contributed by atoms with van der Waals surface area (Å²) in [7, 11) is 0. The summed E-state index contributed by atoms with van der Waals surface area (Å²) < 4.78 is 0. The van der Waals surface area contributed by atoms with Gasteiger partial charge in [0.25, 0.3) is 0 Å². The lowest BCUT2D eigenvalue weighted by atomic mass is 9.99. The van der Waals surface area contributed by atoms with Gasteiger partial charge in [0.05, 0.1) is 18.5 Å². The predicted molar refractivity (Wildman–Crippen MR) is 64.0 cm³/mol. The second kappa shape index (κ2) is 4.98. The number of rotatable bonds is 3. The van der Waals surface area contributed by atoms with Crippen LogP contribution in [0.4, 0.5) is 0 Å². The van der Waals surface area contributed by atoms with E-state index < -0.39 is 18.0 Å². The first kappa shape index (κ1) is 12.3. The molecule has 0 spiro atoms. The molecule has 5 heteroatoms. The van der Waals surface area contributed by atoms with Gasteiger partial charge in [0.2, 0.25) is 11.8 Å². The Hall–Kier alpha value is -2.19. The quantitative estimate of drug-likeness (QED) is 0.768. The van der Waals surface area contributed by atoms with Gasteiger partial charge >= 0.3 is 0 Å². The van der Waals surface area contributed by atoms with Crippen LogP contribution in [0.1, 0.15) is 12.0 Å². The fraction of sp³-hybridized carbons (Fsp3) is 0.308. The molecule has 92 valence electrons. The number of β-lactam (4-membered cyclic amide) rings is 1. The summed E-state index contributed by atoms with van der Waals surface area (Å²) in [6.07, 6.45) is 0.474. The lowest BCUT2D eigenvalue weighted by Crippen LogP contribution is -2.59. The van der Waals surface area contributed by atoms with Gasteiger partial charge in [-0.05, 0) is 12.0 Å². The van der Waals surface area contributed by atoms with Gasteiger partial charge in [0, 0.05) is 0 Å². The zero-order chi connectivity index (χ0) is 13.1. The van der Waals surface area contributed by atoms with E-state index in [1.807, 2.05) is 36.4 Å². The molecule has 1 aromatic carbocycles. The fourth-order valence-electron chi connectivity index (χ4n) is 1.93. The summed E-state index contributed by atoms with van der Waals surface area (Å²) in [5.41, 5.74) is 6.72. The SMILES string of the molecule is N#CC1CC(=O)N1C(=O)[C@@H](N)Cc1ccccc1. The smallest absolute Gasteiger partial charge is 0.247 e. The van der Waals surface area contributed by atoms with Gasteiger partial charge in [0.15, 0.2) is 0 Å². The minimum absolute atomic E-state index is 0.111. The molecule has 5 nitrogen and oxygen atoms in total. The fourth-order valence-corrected chi connectivity index (χ4v) is 1.93. The van der Waals surface area contributed by atoms with Crippen LogP contribution in [0.5, 0.6) is 0 Å². The van der Waals surface area contributed by atoms with Crippen molar-refractivity contribution in [3.63, 3.8) is 0 Å². The molecule has 2 N–H and O–H groups in total. The summed E-state index contributed by atoms with van der Waals surface area (Å²) in [6.45, 7) is 0. The molecular weight excluding hydrogens is 230 g/mol. The highest BCUT2D eigenvalue weighted by Gasteiger charge is 2.42. The normalized spacial score (nSPS) is 19.9. The van der Waals surface area contributed by atoms with E-state index in [-0.39, 0.29) is 12.3 Å². The van der Waals surface area contributed by atoms with Crippen molar-refractivity contribution in [3.8, 4) is 6.07 Å². The van der Waals surface area contributed by atoms with Gasteiger partial charge in [-0.3, -0.25) is 14.5 Å². The molecule has 2 rings (SSSR count). The first-order valence-corrected chi connectivity index (χ1v) is 5.68. The van der Waals surface area contributed by atoms with Crippen LogP contribution in [-0.4, -0.2) is 28.8 Å². The van der Waals surface area contributed by atoms with E-state index in [1.54, 1.807) is 0 Å². The maximum Gasteiger partial charge on any atom is 0.247 e. The molecule has 2 amide bonds. The van der Waals surface area contributed by atoms with E-state index in [0.717, 1.165) is 10.5 Å². The molecule has 0 radical (unpaired) electrons. The van der Waals surface area contributed by atoms with Gasteiger partial charge < -0.3 is 5.73 Å². The van der Waals surface area contributed by atoms with Crippen LogP contribution in [0, 0.1) is 11.3 Å². The molecular formula is C13H13N3O2. The van der Waals surface area contributed by atoms with Crippen LogP contribution >= 0.6 is 0 Å². The zero-order valence-corrected chi connectivity index (χ0v) is 9.74. The number of hydrogen-bond donors (Lipinski definition) is 1. The minimum Gasteiger partial charge on any atom is -0.320 e. The molecule has 1 unspecified atom stereocenters. The Bertz CT molecular complexity index is 507. The van der Waals surface area contributed by atoms with Gasteiger partial charge in [-0.1, -0.05) is 30.3 Å². The van der Waals surface area contributed by atoms with Crippen molar-refractivity contribution in [2.45, 2.75) is 24.9 Å². The summed E-state index contributed by atoms with van der Waals surface area (Å²) in [6, 6.07) is 9.81. The molecule has 1 aliphatic rings. The van der Waals surface area contributed by atoms with E-state index >= 15 is 0 Å². The number of nitrogens with zero attached hydrogens (tertiary/aromatic N) is 2. The lowest BCUT2D eigenvalue weighted by molar-refractivity contribution is -0.156. The lowest BCUT2D eigenvalue weighted by Gasteiger charge is -2.35. The Balaban J connectivity index is 2.01.